The lowest BCUT2D eigenvalue weighted by atomic mass is 10.0. The van der Waals surface area contributed by atoms with E-state index in [1.165, 1.54) is 11.1 Å². The lowest BCUT2D eigenvalue weighted by Gasteiger charge is -2.16. The summed E-state index contributed by atoms with van der Waals surface area (Å²) < 4.78 is 6.13. The quantitative estimate of drug-likeness (QED) is 0.892. The first kappa shape index (κ1) is 15.6. The van der Waals surface area contributed by atoms with Gasteiger partial charge in [-0.1, -0.05) is 26.0 Å². The Hall–Kier alpha value is -2.29. The molecule has 1 aliphatic rings. The van der Waals surface area contributed by atoms with Crippen LogP contribution in [0.5, 0.6) is 11.5 Å². The minimum absolute atomic E-state index is 0.436. The molecule has 0 amide bonds. The molecular weight excluding hydrogens is 284 g/mol. The number of benzene rings is 2. The average Bonchev–Trinajstić information content (AvgIpc) is 2.56. The van der Waals surface area contributed by atoms with Crippen LogP contribution in [0.2, 0.25) is 0 Å². The summed E-state index contributed by atoms with van der Waals surface area (Å²) in [6, 6.07) is 14.6. The molecule has 23 heavy (non-hydrogen) atoms. The van der Waals surface area contributed by atoms with Crippen LogP contribution < -0.4 is 10.1 Å². The van der Waals surface area contributed by atoms with Crippen molar-refractivity contribution in [2.45, 2.75) is 33.1 Å². The van der Waals surface area contributed by atoms with Gasteiger partial charge in [-0.15, -0.1) is 0 Å². The van der Waals surface area contributed by atoms with Crippen molar-refractivity contribution in [2.24, 2.45) is 4.99 Å². The van der Waals surface area contributed by atoms with Crippen molar-refractivity contribution in [3.63, 3.8) is 0 Å². The summed E-state index contributed by atoms with van der Waals surface area (Å²) >= 11 is 0. The van der Waals surface area contributed by atoms with Gasteiger partial charge in [0, 0.05) is 18.7 Å². The molecule has 0 unspecified atom stereocenters. The minimum Gasteiger partial charge on any atom is -0.457 e. The number of ether oxygens (including phenoxy) is 1. The van der Waals surface area contributed by atoms with Gasteiger partial charge in [0.15, 0.2) is 0 Å². The molecule has 2 aromatic carbocycles. The highest BCUT2D eigenvalue weighted by molar-refractivity contribution is 5.99. The molecule has 2 aromatic rings. The number of aliphatic imine (C=N–C) groups is 1. The fourth-order valence-corrected chi connectivity index (χ4v) is 2.74. The van der Waals surface area contributed by atoms with E-state index in [1.54, 1.807) is 0 Å². The van der Waals surface area contributed by atoms with Crippen LogP contribution in [0.25, 0.3) is 0 Å². The van der Waals surface area contributed by atoms with Crippen LogP contribution in [-0.4, -0.2) is 18.9 Å². The van der Waals surface area contributed by atoms with E-state index in [4.69, 9.17) is 4.74 Å². The van der Waals surface area contributed by atoms with E-state index in [9.17, 15) is 0 Å². The normalized spacial score (nSPS) is 14.3. The second-order valence-electron chi connectivity index (χ2n) is 6.33. The summed E-state index contributed by atoms with van der Waals surface area (Å²) in [5.74, 6) is 3.23. The smallest absolute Gasteiger partial charge is 0.131 e. The van der Waals surface area contributed by atoms with E-state index in [2.05, 4.69) is 61.4 Å². The van der Waals surface area contributed by atoms with E-state index in [0.717, 1.165) is 42.4 Å². The van der Waals surface area contributed by atoms with Crippen molar-refractivity contribution >= 4 is 5.84 Å². The first-order chi connectivity index (χ1) is 11.1. The summed E-state index contributed by atoms with van der Waals surface area (Å²) in [5, 5.41) is 3.35. The summed E-state index contributed by atoms with van der Waals surface area (Å²) in [7, 11) is 0. The molecule has 3 rings (SSSR count). The summed E-state index contributed by atoms with van der Waals surface area (Å²) in [6.07, 6.45) is 1.11. The van der Waals surface area contributed by atoms with E-state index < -0.39 is 0 Å². The number of nitrogens with zero attached hydrogens (tertiary/aromatic N) is 1. The predicted molar refractivity (Wildman–Crippen MR) is 95.8 cm³/mol. The second kappa shape index (κ2) is 6.86. The van der Waals surface area contributed by atoms with Crippen molar-refractivity contribution < 1.29 is 4.74 Å². The Bertz CT molecular complexity index is 702. The third-order valence-electron chi connectivity index (χ3n) is 4.04. The monoisotopic (exact) mass is 308 g/mol. The van der Waals surface area contributed by atoms with E-state index in [0.29, 0.717) is 5.92 Å². The third kappa shape index (κ3) is 3.73. The van der Waals surface area contributed by atoms with Crippen molar-refractivity contribution in [3.8, 4) is 11.5 Å². The van der Waals surface area contributed by atoms with Gasteiger partial charge in [0.25, 0.3) is 0 Å². The largest absolute Gasteiger partial charge is 0.457 e. The van der Waals surface area contributed by atoms with Gasteiger partial charge in [0.05, 0.1) is 0 Å². The lowest BCUT2D eigenvalue weighted by Crippen LogP contribution is -2.30. The van der Waals surface area contributed by atoms with Crippen LogP contribution in [0.1, 0.15) is 42.9 Å². The summed E-state index contributed by atoms with van der Waals surface area (Å²) in [5.41, 5.74) is 3.56. The number of rotatable bonds is 4. The van der Waals surface area contributed by atoms with E-state index in [-0.39, 0.29) is 0 Å². The van der Waals surface area contributed by atoms with Gasteiger partial charge in [0.2, 0.25) is 0 Å². The van der Waals surface area contributed by atoms with Gasteiger partial charge < -0.3 is 10.1 Å². The third-order valence-corrected chi connectivity index (χ3v) is 4.04. The van der Waals surface area contributed by atoms with Crippen LogP contribution >= 0.6 is 0 Å². The van der Waals surface area contributed by atoms with Crippen molar-refractivity contribution in [1.82, 2.24) is 5.32 Å². The molecule has 0 saturated carbocycles. The van der Waals surface area contributed by atoms with Gasteiger partial charge in [0.1, 0.15) is 17.3 Å². The Morgan fingerprint density at radius 2 is 1.87 bits per heavy atom. The first-order valence-electron chi connectivity index (χ1n) is 8.30. The van der Waals surface area contributed by atoms with Crippen LogP contribution in [0.15, 0.2) is 47.5 Å². The predicted octanol–water partition coefficient (Wildman–Crippen LogP) is 4.65. The molecule has 120 valence electrons. The standard InChI is InChI=1S/C20H24N2O/c1-14(2)18-10-5-15(3)13-19(18)23-17-8-6-16(7-9-17)20-21-11-4-12-22-20/h5-10,13-14H,4,11-12H2,1-3H3,(H,21,22). The zero-order valence-corrected chi connectivity index (χ0v) is 14.1. The highest BCUT2D eigenvalue weighted by Crippen LogP contribution is 2.31. The average molecular weight is 308 g/mol. The molecule has 0 spiro atoms. The summed E-state index contributed by atoms with van der Waals surface area (Å²) in [4.78, 5) is 4.53. The first-order valence-corrected chi connectivity index (χ1v) is 8.30. The molecule has 0 atom stereocenters. The molecule has 0 radical (unpaired) electrons. The molecule has 0 bridgehead atoms. The molecule has 3 nitrogen and oxygen atoms in total. The molecule has 0 saturated heterocycles. The Kier molecular flexibility index (Phi) is 4.65. The Balaban J connectivity index is 1.81. The Morgan fingerprint density at radius 3 is 2.52 bits per heavy atom. The van der Waals surface area contributed by atoms with Gasteiger partial charge in [-0.25, -0.2) is 0 Å². The molecule has 0 aliphatic carbocycles. The number of aryl methyl sites for hydroxylation is 1. The summed E-state index contributed by atoms with van der Waals surface area (Å²) in [6.45, 7) is 8.37. The van der Waals surface area contributed by atoms with E-state index >= 15 is 0 Å². The number of amidine groups is 1. The zero-order chi connectivity index (χ0) is 16.2. The SMILES string of the molecule is Cc1ccc(C(C)C)c(Oc2ccc(C3=NCCCN3)cc2)c1. The van der Waals surface area contributed by atoms with Gasteiger partial charge >= 0.3 is 0 Å². The zero-order valence-electron chi connectivity index (χ0n) is 14.1. The molecule has 1 N–H and O–H groups in total. The van der Waals surface area contributed by atoms with Crippen LogP contribution in [0.3, 0.4) is 0 Å². The maximum Gasteiger partial charge on any atom is 0.131 e. The minimum atomic E-state index is 0.436. The highest BCUT2D eigenvalue weighted by Gasteiger charge is 2.10. The topological polar surface area (TPSA) is 33.6 Å². The van der Waals surface area contributed by atoms with E-state index in [1.807, 2.05) is 12.1 Å². The Labute approximate surface area is 138 Å². The Morgan fingerprint density at radius 1 is 1.09 bits per heavy atom. The van der Waals surface area contributed by atoms with Crippen molar-refractivity contribution in [2.75, 3.05) is 13.1 Å². The van der Waals surface area contributed by atoms with Gasteiger partial charge in [-0.05, 0) is 60.7 Å². The number of hydrogen-bond acceptors (Lipinski definition) is 3. The highest BCUT2D eigenvalue weighted by atomic mass is 16.5. The van der Waals surface area contributed by atoms with Crippen molar-refractivity contribution in [3.05, 3.63) is 59.2 Å². The van der Waals surface area contributed by atoms with Crippen LogP contribution in [0.4, 0.5) is 0 Å². The molecule has 0 aromatic heterocycles. The van der Waals surface area contributed by atoms with Gasteiger partial charge in [-0.2, -0.15) is 0 Å². The molecule has 1 heterocycles. The molecule has 1 aliphatic heterocycles. The second-order valence-corrected chi connectivity index (χ2v) is 6.33. The fourth-order valence-electron chi connectivity index (χ4n) is 2.74. The molecular formula is C20H24N2O. The molecule has 3 heteroatoms. The maximum atomic E-state index is 6.13. The van der Waals surface area contributed by atoms with Gasteiger partial charge in [-0.3, -0.25) is 4.99 Å². The number of hydrogen-bond donors (Lipinski definition) is 1. The fraction of sp³-hybridized carbons (Fsp3) is 0.350. The number of nitrogens with one attached hydrogen (secondary N) is 1. The maximum absolute atomic E-state index is 6.13. The van der Waals surface area contributed by atoms with Crippen LogP contribution in [-0.2, 0) is 0 Å². The van der Waals surface area contributed by atoms with Crippen molar-refractivity contribution in [1.29, 1.82) is 0 Å². The lowest BCUT2D eigenvalue weighted by molar-refractivity contribution is 0.472. The van der Waals surface area contributed by atoms with Crippen LogP contribution in [0, 0.1) is 6.92 Å². The molecule has 0 fully saturated rings.